The third-order valence-electron chi connectivity index (χ3n) is 8.08. The molecule has 190 valence electrons. The average Bonchev–Trinajstić information content (AvgIpc) is 3.28. The van der Waals surface area contributed by atoms with Gasteiger partial charge < -0.3 is 29.4 Å². The van der Waals surface area contributed by atoms with Gasteiger partial charge in [-0.05, 0) is 30.5 Å². The van der Waals surface area contributed by atoms with Crippen LogP contribution in [0.4, 0.5) is 0 Å². The zero-order valence-corrected chi connectivity index (χ0v) is 20.7. The highest BCUT2D eigenvalue weighted by atomic mass is 16.5. The number of ether oxygens (including phenoxy) is 2. The van der Waals surface area contributed by atoms with E-state index in [1.165, 1.54) is 5.56 Å². The van der Waals surface area contributed by atoms with E-state index < -0.39 is 6.04 Å². The van der Waals surface area contributed by atoms with Gasteiger partial charge in [0.1, 0.15) is 5.75 Å². The Bertz CT molecular complexity index is 1080. The molecule has 0 aliphatic carbocycles. The van der Waals surface area contributed by atoms with Crippen molar-refractivity contribution in [2.45, 2.75) is 37.6 Å². The molecule has 0 bridgehead atoms. The summed E-state index contributed by atoms with van der Waals surface area (Å²) in [6.45, 7) is 6.69. The molecule has 3 aliphatic rings. The van der Waals surface area contributed by atoms with Crippen LogP contribution in [0.1, 0.15) is 43.5 Å². The van der Waals surface area contributed by atoms with Crippen LogP contribution in [0.3, 0.4) is 0 Å². The second kappa shape index (κ2) is 9.79. The average molecular weight is 485 g/mol. The Kier molecular flexibility index (Phi) is 6.74. The molecule has 9 heteroatoms. The zero-order chi connectivity index (χ0) is 24.6. The summed E-state index contributed by atoms with van der Waals surface area (Å²) in [7, 11) is 1.65. The van der Waals surface area contributed by atoms with Crippen LogP contribution in [0.15, 0.2) is 18.2 Å². The van der Waals surface area contributed by atoms with Crippen LogP contribution < -0.4 is 4.74 Å². The Hall–Kier alpha value is -2.62. The largest absolute Gasteiger partial charge is 0.497 e. The van der Waals surface area contributed by atoms with E-state index in [-0.39, 0.29) is 23.8 Å². The summed E-state index contributed by atoms with van der Waals surface area (Å²) in [5, 5.41) is 11.6. The molecule has 3 aliphatic heterocycles. The molecule has 1 aromatic heterocycles. The number of aromatic nitrogens is 1. The van der Waals surface area contributed by atoms with E-state index in [4.69, 9.17) is 9.47 Å². The highest BCUT2D eigenvalue weighted by Gasteiger charge is 2.49. The van der Waals surface area contributed by atoms with Gasteiger partial charge in [-0.1, -0.05) is 6.92 Å². The summed E-state index contributed by atoms with van der Waals surface area (Å²) in [6, 6.07) is 5.59. The number of nitrogens with one attached hydrogen (secondary N) is 1. The molecule has 2 aromatic rings. The molecule has 2 fully saturated rings. The molecule has 35 heavy (non-hydrogen) atoms. The summed E-state index contributed by atoms with van der Waals surface area (Å²) < 4.78 is 10.9. The number of aromatic amines is 1. The van der Waals surface area contributed by atoms with Gasteiger partial charge in [-0.3, -0.25) is 14.5 Å². The van der Waals surface area contributed by atoms with Gasteiger partial charge in [0.15, 0.2) is 0 Å². The summed E-state index contributed by atoms with van der Waals surface area (Å²) in [5.41, 5.74) is 2.77. The molecular formula is C26H36N4O5. The molecule has 2 saturated heterocycles. The fourth-order valence-electron chi connectivity index (χ4n) is 6.13. The third kappa shape index (κ3) is 4.30. The van der Waals surface area contributed by atoms with Crippen molar-refractivity contribution >= 4 is 22.7 Å². The smallest absolute Gasteiger partial charge is 0.237 e. The summed E-state index contributed by atoms with van der Waals surface area (Å²) >= 11 is 0. The number of fused-ring (bicyclic) bond motifs is 4. The Morgan fingerprint density at radius 3 is 2.57 bits per heavy atom. The number of piperidine rings is 1. The van der Waals surface area contributed by atoms with Gasteiger partial charge in [-0.25, -0.2) is 0 Å². The summed E-state index contributed by atoms with van der Waals surface area (Å²) in [5.74, 6) is 0.960. The highest BCUT2D eigenvalue weighted by Crippen LogP contribution is 2.49. The Labute approximate surface area is 205 Å². The van der Waals surface area contributed by atoms with Gasteiger partial charge in [0.25, 0.3) is 0 Å². The topological polar surface area (TPSA) is 98.3 Å². The van der Waals surface area contributed by atoms with E-state index in [0.29, 0.717) is 45.8 Å². The number of carbonyl (C=O) groups is 2. The van der Waals surface area contributed by atoms with Gasteiger partial charge in [0.05, 0.1) is 39.5 Å². The molecule has 0 unspecified atom stereocenters. The minimum Gasteiger partial charge on any atom is -0.497 e. The van der Waals surface area contributed by atoms with Crippen molar-refractivity contribution in [3.63, 3.8) is 0 Å². The van der Waals surface area contributed by atoms with E-state index in [0.717, 1.165) is 48.3 Å². The number of aliphatic hydroxyl groups is 1. The lowest BCUT2D eigenvalue weighted by molar-refractivity contribution is -0.141. The molecule has 9 nitrogen and oxygen atoms in total. The van der Waals surface area contributed by atoms with E-state index in [2.05, 4.69) is 16.0 Å². The number of H-pyrrole nitrogens is 1. The van der Waals surface area contributed by atoms with Crippen LogP contribution in [-0.4, -0.2) is 103 Å². The number of carbonyl (C=O) groups excluding carboxylic acids is 2. The van der Waals surface area contributed by atoms with Crippen LogP contribution >= 0.6 is 0 Å². The fourth-order valence-corrected chi connectivity index (χ4v) is 6.13. The normalized spacial score (nSPS) is 22.4. The molecule has 2 amide bonds. The minimum atomic E-state index is -0.433. The number of hydrogen-bond donors (Lipinski definition) is 2. The van der Waals surface area contributed by atoms with Crippen molar-refractivity contribution in [2.75, 3.05) is 66.2 Å². The zero-order valence-electron chi connectivity index (χ0n) is 20.7. The Balaban J connectivity index is 1.54. The van der Waals surface area contributed by atoms with E-state index >= 15 is 0 Å². The summed E-state index contributed by atoms with van der Waals surface area (Å²) in [6.07, 6.45) is 2.07. The second-order valence-electron chi connectivity index (χ2n) is 9.95. The number of rotatable bonds is 5. The fraction of sp³-hybridized carbons (Fsp3) is 0.615. The van der Waals surface area contributed by atoms with Crippen molar-refractivity contribution in [3.8, 4) is 5.75 Å². The predicted molar refractivity (Wildman–Crippen MR) is 131 cm³/mol. The molecule has 2 N–H and O–H groups in total. The second-order valence-corrected chi connectivity index (χ2v) is 9.95. The quantitative estimate of drug-likeness (QED) is 0.670. The molecule has 5 rings (SSSR count). The Morgan fingerprint density at radius 2 is 1.91 bits per heavy atom. The standard InChI is InChI=1S/C26H36N4O5/c1-3-22(32)29-8-6-26(7-9-29)17-30(23(33)15-28-10-12-35-13-11-28)21(16-31)25-24(26)19-5-4-18(34-2)14-20(19)27-25/h4-5,14,21,27,31H,3,6-13,15-17H2,1-2H3/t21-/m1/s1. The van der Waals surface area contributed by atoms with Crippen LogP contribution in [0.2, 0.25) is 0 Å². The van der Waals surface area contributed by atoms with Crippen molar-refractivity contribution in [1.82, 2.24) is 19.7 Å². The number of likely N-dealkylation sites (tertiary alicyclic amines) is 1. The highest BCUT2D eigenvalue weighted by molar-refractivity contribution is 5.89. The number of aliphatic hydroxyl groups excluding tert-OH is 1. The van der Waals surface area contributed by atoms with E-state index in [9.17, 15) is 14.7 Å². The molecule has 1 atom stereocenters. The van der Waals surface area contributed by atoms with Crippen molar-refractivity contribution in [2.24, 2.45) is 0 Å². The minimum absolute atomic E-state index is 0.0271. The van der Waals surface area contributed by atoms with Gasteiger partial charge in [-0.2, -0.15) is 0 Å². The monoisotopic (exact) mass is 484 g/mol. The first-order valence-corrected chi connectivity index (χ1v) is 12.7. The van der Waals surface area contributed by atoms with E-state index in [1.807, 2.05) is 28.9 Å². The number of amides is 2. The number of methoxy groups -OCH3 is 1. The first kappa shape index (κ1) is 24.1. The third-order valence-corrected chi connectivity index (χ3v) is 8.08. The molecule has 0 saturated carbocycles. The van der Waals surface area contributed by atoms with Crippen LogP contribution in [0.25, 0.3) is 10.9 Å². The van der Waals surface area contributed by atoms with E-state index in [1.54, 1.807) is 7.11 Å². The first-order chi connectivity index (χ1) is 17.0. The number of benzene rings is 1. The lowest BCUT2D eigenvalue weighted by Crippen LogP contribution is -2.57. The van der Waals surface area contributed by atoms with Crippen molar-refractivity contribution < 1.29 is 24.2 Å². The first-order valence-electron chi connectivity index (χ1n) is 12.7. The number of hydrogen-bond acceptors (Lipinski definition) is 6. The van der Waals surface area contributed by atoms with Gasteiger partial charge in [0.2, 0.25) is 11.8 Å². The molecule has 4 heterocycles. The predicted octanol–water partition coefficient (Wildman–Crippen LogP) is 1.65. The van der Waals surface area contributed by atoms with Gasteiger partial charge in [-0.15, -0.1) is 0 Å². The van der Waals surface area contributed by atoms with Crippen LogP contribution in [0.5, 0.6) is 5.75 Å². The van der Waals surface area contributed by atoms with Gasteiger partial charge in [0, 0.05) is 67.2 Å². The molecule has 1 spiro atoms. The maximum Gasteiger partial charge on any atom is 0.237 e. The van der Waals surface area contributed by atoms with Crippen molar-refractivity contribution in [3.05, 3.63) is 29.5 Å². The Morgan fingerprint density at radius 1 is 1.17 bits per heavy atom. The molecular weight excluding hydrogens is 448 g/mol. The van der Waals surface area contributed by atoms with Gasteiger partial charge >= 0.3 is 0 Å². The number of morpholine rings is 1. The lowest BCUT2D eigenvalue weighted by atomic mass is 9.68. The van der Waals surface area contributed by atoms with Crippen LogP contribution in [0, 0.1) is 0 Å². The maximum atomic E-state index is 13.6. The molecule has 0 radical (unpaired) electrons. The summed E-state index contributed by atoms with van der Waals surface area (Å²) in [4.78, 5) is 35.5. The molecule has 1 aromatic carbocycles. The number of nitrogens with zero attached hydrogens (tertiary/aromatic N) is 3. The lowest BCUT2D eigenvalue weighted by Gasteiger charge is -2.50. The van der Waals surface area contributed by atoms with Crippen molar-refractivity contribution in [1.29, 1.82) is 0 Å². The SMILES string of the molecule is CCC(=O)N1CCC2(CC1)CN(C(=O)CN1CCOCC1)[C@H](CO)c1[nH]c3cc(OC)ccc3c12. The van der Waals surface area contributed by atoms with Crippen LogP contribution in [-0.2, 0) is 19.7 Å². The maximum absolute atomic E-state index is 13.6.